The molecular weight excluding hydrogens is 473 g/mol. The molecule has 0 unspecified atom stereocenters. The number of aromatic nitrogens is 2. The highest BCUT2D eigenvalue weighted by molar-refractivity contribution is 6.04. The van der Waals surface area contributed by atoms with Gasteiger partial charge in [-0.2, -0.15) is 4.98 Å². The Bertz CT molecular complexity index is 1210. The third kappa shape index (κ3) is 5.53. The van der Waals surface area contributed by atoms with E-state index in [9.17, 15) is 32.3 Å². The van der Waals surface area contributed by atoms with Gasteiger partial charge in [-0.15, -0.1) is 13.2 Å². The minimum absolute atomic E-state index is 0.0325. The fourth-order valence-corrected chi connectivity index (χ4v) is 4.08. The molecule has 1 atom stereocenters. The van der Waals surface area contributed by atoms with Gasteiger partial charge in [0.05, 0.1) is 11.5 Å². The highest BCUT2D eigenvalue weighted by Crippen LogP contribution is 2.31. The lowest BCUT2D eigenvalue weighted by atomic mass is 9.92. The first-order valence-electron chi connectivity index (χ1n) is 10.6. The summed E-state index contributed by atoms with van der Waals surface area (Å²) in [7, 11) is 0. The number of hydrogen-bond acceptors (Lipinski definition) is 7. The van der Waals surface area contributed by atoms with Gasteiger partial charge in [0.2, 0.25) is 23.7 Å². The predicted molar refractivity (Wildman–Crippen MR) is 117 cm³/mol. The zero-order chi connectivity index (χ0) is 25.3. The monoisotopic (exact) mass is 494 g/mol. The molecule has 3 heterocycles. The number of alkyl halides is 3. The van der Waals surface area contributed by atoms with Crippen molar-refractivity contribution in [2.75, 3.05) is 28.6 Å². The van der Waals surface area contributed by atoms with Gasteiger partial charge >= 0.3 is 6.36 Å². The van der Waals surface area contributed by atoms with Crippen LogP contribution in [0.4, 0.5) is 30.6 Å². The van der Waals surface area contributed by atoms with Gasteiger partial charge in [-0.25, -0.2) is 0 Å². The van der Waals surface area contributed by atoms with Crippen LogP contribution in [0.1, 0.15) is 30.7 Å². The molecule has 5 N–H and O–H groups in total. The number of amides is 3. The van der Waals surface area contributed by atoms with E-state index in [1.165, 1.54) is 12.1 Å². The number of nitrogens with two attached hydrogens (primary N) is 1. The molecule has 1 saturated heterocycles. The molecule has 1 aromatic carbocycles. The van der Waals surface area contributed by atoms with Crippen molar-refractivity contribution in [1.29, 1.82) is 0 Å². The van der Waals surface area contributed by atoms with E-state index in [0.29, 0.717) is 25.9 Å². The molecule has 4 rings (SSSR count). The van der Waals surface area contributed by atoms with Crippen molar-refractivity contribution in [3.8, 4) is 5.75 Å². The van der Waals surface area contributed by atoms with Crippen molar-refractivity contribution in [3.63, 3.8) is 0 Å². The van der Waals surface area contributed by atoms with E-state index in [4.69, 9.17) is 5.73 Å². The molecule has 0 radical (unpaired) electrons. The number of halogens is 3. The minimum Gasteiger partial charge on any atom is -0.406 e. The van der Waals surface area contributed by atoms with Gasteiger partial charge in [0.25, 0.3) is 5.56 Å². The van der Waals surface area contributed by atoms with Gasteiger partial charge in [0.1, 0.15) is 11.6 Å². The number of carbonyl (C=O) groups excluding carboxylic acids is 3. The number of anilines is 3. The second-order valence-electron chi connectivity index (χ2n) is 8.18. The van der Waals surface area contributed by atoms with Crippen LogP contribution in [0.3, 0.4) is 0 Å². The van der Waals surface area contributed by atoms with E-state index < -0.39 is 35.4 Å². The third-order valence-electron chi connectivity index (χ3n) is 5.81. The Labute approximate surface area is 195 Å². The molecule has 0 bridgehead atoms. The molecule has 14 heteroatoms. The second kappa shape index (κ2) is 9.27. The second-order valence-corrected chi connectivity index (χ2v) is 8.18. The molecule has 2 aromatic rings. The van der Waals surface area contributed by atoms with E-state index in [1.54, 1.807) is 4.90 Å². The predicted octanol–water partition coefficient (Wildman–Crippen LogP) is 1.43. The number of fused-ring (bicyclic) bond motifs is 1. The van der Waals surface area contributed by atoms with Crippen LogP contribution < -0.4 is 31.6 Å². The Morgan fingerprint density at radius 3 is 2.40 bits per heavy atom. The van der Waals surface area contributed by atoms with E-state index in [-0.39, 0.29) is 41.3 Å². The Kier molecular flexibility index (Phi) is 6.37. The number of piperidine rings is 1. The van der Waals surface area contributed by atoms with Crippen molar-refractivity contribution in [3.05, 3.63) is 40.2 Å². The number of aromatic amines is 1. The Morgan fingerprint density at radius 2 is 1.80 bits per heavy atom. The number of hydrogen-bond donors (Lipinski definition) is 4. The number of benzene rings is 1. The minimum atomic E-state index is -4.85. The van der Waals surface area contributed by atoms with Crippen molar-refractivity contribution in [2.24, 2.45) is 11.7 Å². The summed E-state index contributed by atoms with van der Waals surface area (Å²) >= 11 is 0. The first kappa shape index (κ1) is 24.0. The Morgan fingerprint density at radius 1 is 1.14 bits per heavy atom. The van der Waals surface area contributed by atoms with Crippen molar-refractivity contribution < 1.29 is 32.3 Å². The van der Waals surface area contributed by atoms with Crippen LogP contribution >= 0.6 is 0 Å². The van der Waals surface area contributed by atoms with Crippen molar-refractivity contribution in [1.82, 2.24) is 9.97 Å². The number of primary amides is 1. The van der Waals surface area contributed by atoms with Gasteiger partial charge in [0.15, 0.2) is 0 Å². The SMILES string of the molecule is NC(=O)C1CCN(c2nc3c(c(=O)[nH]2)[C@@H](C(=O)Nc2ccc(OC(F)(F)F)cc2)CC(=O)N3)CC1. The molecule has 0 saturated carbocycles. The largest absolute Gasteiger partial charge is 0.573 e. The summed E-state index contributed by atoms with van der Waals surface area (Å²) in [5, 5.41) is 5.00. The molecule has 0 spiro atoms. The fourth-order valence-electron chi connectivity index (χ4n) is 4.08. The summed E-state index contributed by atoms with van der Waals surface area (Å²) in [6.45, 7) is 0.836. The maximum absolute atomic E-state index is 12.9. The summed E-state index contributed by atoms with van der Waals surface area (Å²) in [5.41, 5.74) is 4.85. The van der Waals surface area contributed by atoms with Gasteiger partial charge in [-0.1, -0.05) is 0 Å². The summed E-state index contributed by atoms with van der Waals surface area (Å²) in [6.07, 6.45) is -4.20. The summed E-state index contributed by atoms with van der Waals surface area (Å²) in [4.78, 5) is 58.1. The summed E-state index contributed by atoms with van der Waals surface area (Å²) in [6, 6.07) is 4.44. The Hall–Kier alpha value is -4.10. The van der Waals surface area contributed by atoms with Crippen molar-refractivity contribution in [2.45, 2.75) is 31.5 Å². The number of nitrogens with zero attached hydrogens (tertiary/aromatic N) is 2. The van der Waals surface area contributed by atoms with Crippen molar-refractivity contribution >= 4 is 35.2 Å². The standard InChI is InChI=1S/C21H21F3N6O5/c22-21(23,24)35-12-3-1-11(2-4-12)26-18(33)13-9-14(31)27-17-15(13)19(34)29-20(28-17)30-7-5-10(6-8-30)16(25)32/h1-4,10,13H,5-9H2,(H2,25,32)(H,26,33)(H2,27,28,29,31,34)/t13-/m0/s1. The average Bonchev–Trinajstić information content (AvgIpc) is 2.78. The third-order valence-corrected chi connectivity index (χ3v) is 5.81. The first-order valence-corrected chi connectivity index (χ1v) is 10.6. The van der Waals surface area contributed by atoms with Crippen LogP contribution in [0.25, 0.3) is 0 Å². The summed E-state index contributed by atoms with van der Waals surface area (Å²) < 4.78 is 40.7. The number of ether oxygens (including phenoxy) is 1. The van der Waals surface area contributed by atoms with Crippen LogP contribution in [0.2, 0.25) is 0 Å². The summed E-state index contributed by atoms with van der Waals surface area (Å²) in [5.74, 6) is -3.38. The molecular formula is C21H21F3N6O5. The van der Waals surface area contributed by atoms with Crippen LogP contribution in [-0.2, 0) is 14.4 Å². The average molecular weight is 494 g/mol. The maximum Gasteiger partial charge on any atom is 0.573 e. The van der Waals surface area contributed by atoms with E-state index in [2.05, 4.69) is 25.3 Å². The lowest BCUT2D eigenvalue weighted by Crippen LogP contribution is -2.41. The highest BCUT2D eigenvalue weighted by atomic mass is 19.4. The highest BCUT2D eigenvalue weighted by Gasteiger charge is 2.36. The lowest BCUT2D eigenvalue weighted by molar-refractivity contribution is -0.274. The molecule has 2 aliphatic heterocycles. The molecule has 0 aliphatic carbocycles. The zero-order valence-corrected chi connectivity index (χ0v) is 18.1. The van der Waals surface area contributed by atoms with Gasteiger partial charge in [-0.05, 0) is 37.1 Å². The zero-order valence-electron chi connectivity index (χ0n) is 18.1. The normalized spacial score (nSPS) is 18.4. The molecule has 1 aromatic heterocycles. The number of rotatable bonds is 5. The number of carbonyl (C=O) groups is 3. The molecule has 186 valence electrons. The van der Waals surface area contributed by atoms with Gasteiger partial charge in [0, 0.05) is 31.1 Å². The number of H-pyrrole nitrogens is 1. The lowest BCUT2D eigenvalue weighted by Gasteiger charge is -2.32. The van der Waals surface area contributed by atoms with Gasteiger partial charge < -0.3 is 26.0 Å². The fraction of sp³-hybridized carbons (Fsp3) is 0.381. The molecule has 3 amide bonds. The van der Waals surface area contributed by atoms with Crippen LogP contribution in [-0.4, -0.2) is 47.1 Å². The van der Waals surface area contributed by atoms with Gasteiger partial charge in [-0.3, -0.25) is 24.2 Å². The Balaban J connectivity index is 1.52. The van der Waals surface area contributed by atoms with Crippen LogP contribution in [0.5, 0.6) is 5.75 Å². The maximum atomic E-state index is 12.9. The quantitative estimate of drug-likeness (QED) is 0.489. The topological polar surface area (TPSA) is 160 Å². The van der Waals surface area contributed by atoms with E-state index >= 15 is 0 Å². The smallest absolute Gasteiger partial charge is 0.406 e. The molecule has 11 nitrogen and oxygen atoms in total. The molecule has 1 fully saturated rings. The molecule has 2 aliphatic rings. The first-order chi connectivity index (χ1) is 16.5. The van der Waals surface area contributed by atoms with E-state index in [1.807, 2.05) is 0 Å². The van der Waals surface area contributed by atoms with Crippen LogP contribution in [0.15, 0.2) is 29.1 Å². The molecule has 35 heavy (non-hydrogen) atoms. The van der Waals surface area contributed by atoms with E-state index in [0.717, 1.165) is 12.1 Å². The number of nitrogens with one attached hydrogen (secondary N) is 3. The van der Waals surface area contributed by atoms with Crippen LogP contribution in [0, 0.1) is 5.92 Å².